The molecule has 7 nitrogen and oxygen atoms in total. The molecule has 1 aliphatic carbocycles. The molecule has 2 amide bonds. The minimum atomic E-state index is -0.283. The van der Waals surface area contributed by atoms with E-state index in [1.165, 1.54) is 17.7 Å². The Kier molecular flexibility index (Phi) is 6.25. The van der Waals surface area contributed by atoms with Crippen LogP contribution in [0.1, 0.15) is 55.3 Å². The number of phenolic OH excluding ortho intramolecular Hbond substituents is 1. The summed E-state index contributed by atoms with van der Waals surface area (Å²) in [5, 5.41) is 20.7. The summed E-state index contributed by atoms with van der Waals surface area (Å²) < 4.78 is 1.45. The number of carbonyl (C=O) groups is 2. The van der Waals surface area contributed by atoms with E-state index >= 15 is 0 Å². The van der Waals surface area contributed by atoms with Crippen molar-refractivity contribution in [3.63, 3.8) is 0 Å². The minimum Gasteiger partial charge on any atom is -0.507 e. The van der Waals surface area contributed by atoms with Gasteiger partial charge in [0.05, 0.1) is 11.4 Å². The Morgan fingerprint density at radius 2 is 1.91 bits per heavy atom. The summed E-state index contributed by atoms with van der Waals surface area (Å²) in [5.74, 6) is 0.0519. The van der Waals surface area contributed by atoms with Gasteiger partial charge in [0.15, 0.2) is 0 Å². The Morgan fingerprint density at radius 3 is 2.59 bits per heavy atom. The molecule has 0 atom stereocenters. The van der Waals surface area contributed by atoms with Crippen LogP contribution < -0.4 is 10.6 Å². The molecule has 3 aromatic rings. The van der Waals surface area contributed by atoms with Crippen LogP contribution in [-0.2, 0) is 11.3 Å². The molecule has 0 aliphatic heterocycles. The lowest BCUT2D eigenvalue weighted by atomic mass is 10.0. The fraction of sp³-hybridized carbons (Fsp3) is 0.320. The molecule has 0 bridgehead atoms. The molecule has 1 heterocycles. The van der Waals surface area contributed by atoms with Gasteiger partial charge < -0.3 is 15.7 Å². The number of hydrogen-bond acceptors (Lipinski definition) is 4. The third-order valence-corrected chi connectivity index (χ3v) is 5.82. The second kappa shape index (κ2) is 9.26. The molecule has 1 aromatic heterocycles. The fourth-order valence-corrected chi connectivity index (χ4v) is 4.31. The van der Waals surface area contributed by atoms with Gasteiger partial charge in [-0.25, -0.2) is 4.79 Å². The second-order valence-electron chi connectivity index (χ2n) is 8.41. The van der Waals surface area contributed by atoms with Gasteiger partial charge in [-0.3, -0.25) is 4.79 Å². The number of anilines is 1. The lowest BCUT2D eigenvalue weighted by Crippen LogP contribution is -2.30. The van der Waals surface area contributed by atoms with Crippen molar-refractivity contribution >= 4 is 17.6 Å². The molecular formula is C25H28N4O3. The van der Waals surface area contributed by atoms with Crippen molar-refractivity contribution < 1.29 is 14.7 Å². The Bertz CT molecular complexity index is 1150. The maximum atomic E-state index is 13.1. The van der Waals surface area contributed by atoms with Gasteiger partial charge in [-0.2, -0.15) is 9.78 Å². The summed E-state index contributed by atoms with van der Waals surface area (Å²) in [6.45, 7) is 3.85. The lowest BCUT2D eigenvalue weighted by Gasteiger charge is -2.12. The first-order valence-electron chi connectivity index (χ1n) is 11.0. The molecule has 1 saturated carbocycles. The summed E-state index contributed by atoms with van der Waals surface area (Å²) in [7, 11) is 0. The number of benzene rings is 2. The van der Waals surface area contributed by atoms with E-state index in [0.717, 1.165) is 42.5 Å². The SMILES string of the molecule is CC(=O)Nc1ccc(-c2cc(C3CCCC3)n(C(=O)NCc3cccc(C)c3)n2)c(O)c1. The predicted octanol–water partition coefficient (Wildman–Crippen LogP) is 4.94. The van der Waals surface area contributed by atoms with E-state index < -0.39 is 0 Å². The van der Waals surface area contributed by atoms with Gasteiger partial charge in [0.2, 0.25) is 5.91 Å². The van der Waals surface area contributed by atoms with Gasteiger partial charge in [-0.1, -0.05) is 42.7 Å². The summed E-state index contributed by atoms with van der Waals surface area (Å²) in [6, 6.07) is 14.5. The van der Waals surface area contributed by atoms with Gasteiger partial charge in [0.1, 0.15) is 5.75 Å². The summed E-state index contributed by atoms with van der Waals surface area (Å²) in [6.07, 6.45) is 4.30. The highest BCUT2D eigenvalue weighted by Gasteiger charge is 2.26. The Hall–Kier alpha value is -3.61. The zero-order chi connectivity index (χ0) is 22.7. The quantitative estimate of drug-likeness (QED) is 0.532. The van der Waals surface area contributed by atoms with E-state index in [0.29, 0.717) is 23.5 Å². The first-order valence-corrected chi connectivity index (χ1v) is 11.0. The summed E-state index contributed by atoms with van der Waals surface area (Å²) >= 11 is 0. The number of aromatic nitrogens is 2. The highest BCUT2D eigenvalue weighted by atomic mass is 16.3. The molecule has 7 heteroatoms. The summed E-state index contributed by atoms with van der Waals surface area (Å²) in [4.78, 5) is 24.3. The van der Waals surface area contributed by atoms with Gasteiger partial charge in [-0.15, -0.1) is 0 Å². The Morgan fingerprint density at radius 1 is 1.12 bits per heavy atom. The molecule has 0 radical (unpaired) electrons. The Labute approximate surface area is 187 Å². The maximum absolute atomic E-state index is 13.1. The van der Waals surface area contributed by atoms with E-state index in [9.17, 15) is 14.7 Å². The van der Waals surface area contributed by atoms with Crippen molar-refractivity contribution in [1.82, 2.24) is 15.1 Å². The van der Waals surface area contributed by atoms with Crippen LogP contribution in [0.4, 0.5) is 10.5 Å². The number of nitrogens with one attached hydrogen (secondary N) is 2. The zero-order valence-electron chi connectivity index (χ0n) is 18.4. The minimum absolute atomic E-state index is 0.000888. The van der Waals surface area contributed by atoms with E-state index in [1.54, 1.807) is 12.1 Å². The molecule has 3 N–H and O–H groups in total. The number of carbonyl (C=O) groups excluding carboxylic acids is 2. The van der Waals surface area contributed by atoms with Crippen LogP contribution in [-0.4, -0.2) is 26.8 Å². The van der Waals surface area contributed by atoms with Crippen LogP contribution in [0.25, 0.3) is 11.3 Å². The molecule has 1 fully saturated rings. The van der Waals surface area contributed by atoms with E-state index in [2.05, 4.69) is 15.7 Å². The van der Waals surface area contributed by atoms with Crippen LogP contribution >= 0.6 is 0 Å². The van der Waals surface area contributed by atoms with Crippen molar-refractivity contribution in [1.29, 1.82) is 0 Å². The number of aryl methyl sites for hydroxylation is 1. The van der Waals surface area contributed by atoms with Crippen molar-refractivity contribution in [2.75, 3.05) is 5.32 Å². The van der Waals surface area contributed by atoms with Crippen molar-refractivity contribution in [3.8, 4) is 17.0 Å². The maximum Gasteiger partial charge on any atom is 0.342 e. The van der Waals surface area contributed by atoms with E-state index in [4.69, 9.17) is 0 Å². The van der Waals surface area contributed by atoms with E-state index in [1.807, 2.05) is 37.3 Å². The van der Waals surface area contributed by atoms with Crippen molar-refractivity contribution in [3.05, 3.63) is 65.4 Å². The average molecular weight is 433 g/mol. The number of aromatic hydroxyl groups is 1. The largest absolute Gasteiger partial charge is 0.507 e. The standard InChI is InChI=1S/C25H28N4O3/c1-16-6-5-7-18(12-16)15-26-25(32)29-23(19-8-3-4-9-19)14-22(28-29)21-11-10-20(13-24(21)31)27-17(2)30/h5-7,10-14,19,31H,3-4,8-9,15H2,1-2H3,(H,26,32)(H,27,30). The topological polar surface area (TPSA) is 96.3 Å². The molecule has 32 heavy (non-hydrogen) atoms. The molecule has 1 aliphatic rings. The Balaban J connectivity index is 1.62. The zero-order valence-corrected chi connectivity index (χ0v) is 18.4. The van der Waals surface area contributed by atoms with Crippen LogP contribution in [0.15, 0.2) is 48.5 Å². The van der Waals surface area contributed by atoms with Crippen molar-refractivity contribution in [2.24, 2.45) is 0 Å². The van der Waals surface area contributed by atoms with Gasteiger partial charge >= 0.3 is 6.03 Å². The fourth-order valence-electron chi connectivity index (χ4n) is 4.31. The van der Waals surface area contributed by atoms with Crippen LogP contribution in [0.3, 0.4) is 0 Å². The highest BCUT2D eigenvalue weighted by Crippen LogP contribution is 2.37. The molecule has 2 aromatic carbocycles. The smallest absolute Gasteiger partial charge is 0.342 e. The molecule has 0 spiro atoms. The number of rotatable bonds is 5. The first kappa shape index (κ1) is 21.6. The summed E-state index contributed by atoms with van der Waals surface area (Å²) in [5.41, 5.74) is 4.59. The number of hydrogen-bond donors (Lipinski definition) is 3. The molecule has 0 saturated heterocycles. The second-order valence-corrected chi connectivity index (χ2v) is 8.41. The van der Waals surface area contributed by atoms with Crippen LogP contribution in [0.2, 0.25) is 0 Å². The first-order chi connectivity index (χ1) is 15.4. The monoisotopic (exact) mass is 432 g/mol. The van der Waals surface area contributed by atoms with Crippen LogP contribution in [0.5, 0.6) is 5.75 Å². The number of amides is 2. The van der Waals surface area contributed by atoms with Gasteiger partial charge in [0.25, 0.3) is 0 Å². The molecule has 4 rings (SSSR count). The average Bonchev–Trinajstić information content (AvgIpc) is 3.41. The number of phenols is 1. The van der Waals surface area contributed by atoms with Gasteiger partial charge in [0, 0.05) is 36.7 Å². The third-order valence-electron chi connectivity index (χ3n) is 5.82. The predicted molar refractivity (Wildman–Crippen MR) is 124 cm³/mol. The highest BCUT2D eigenvalue weighted by molar-refractivity contribution is 5.89. The number of nitrogens with zero attached hydrogens (tertiary/aromatic N) is 2. The molecule has 0 unspecified atom stereocenters. The third kappa shape index (κ3) is 4.82. The molecule has 166 valence electrons. The van der Waals surface area contributed by atoms with Gasteiger partial charge in [-0.05, 0) is 43.5 Å². The normalized spacial score (nSPS) is 13.8. The van der Waals surface area contributed by atoms with Crippen LogP contribution in [0, 0.1) is 6.92 Å². The van der Waals surface area contributed by atoms with E-state index in [-0.39, 0.29) is 23.6 Å². The lowest BCUT2D eigenvalue weighted by molar-refractivity contribution is -0.114. The molecular weight excluding hydrogens is 404 g/mol. The van der Waals surface area contributed by atoms with Crippen molar-refractivity contribution in [2.45, 2.75) is 52.0 Å².